The summed E-state index contributed by atoms with van der Waals surface area (Å²) < 4.78 is 0. The second-order valence-electron chi connectivity index (χ2n) is 5.53. The maximum atomic E-state index is 7.49. The molecule has 0 radical (unpaired) electrons. The number of nitrogens with zero attached hydrogens (tertiary/aromatic N) is 2. The van der Waals surface area contributed by atoms with Gasteiger partial charge in [0, 0.05) is 25.7 Å². The standard InChI is InChI=1S/C14H21N3/c1-15-13(9-5-3-6-10-13)17-14(16-2)11-7-4-8-12-14/h17H,3-12H2. The van der Waals surface area contributed by atoms with Crippen LogP contribution in [0.1, 0.15) is 64.2 Å². The Morgan fingerprint density at radius 3 is 1.29 bits per heavy atom. The summed E-state index contributed by atoms with van der Waals surface area (Å²) in [5.41, 5.74) is -0.861. The molecule has 17 heavy (non-hydrogen) atoms. The van der Waals surface area contributed by atoms with E-state index in [1.54, 1.807) is 0 Å². The molecule has 0 amide bonds. The van der Waals surface area contributed by atoms with E-state index in [2.05, 4.69) is 15.0 Å². The van der Waals surface area contributed by atoms with Crippen LogP contribution >= 0.6 is 0 Å². The van der Waals surface area contributed by atoms with E-state index in [9.17, 15) is 0 Å². The van der Waals surface area contributed by atoms with Crippen molar-refractivity contribution in [1.82, 2.24) is 5.32 Å². The van der Waals surface area contributed by atoms with E-state index in [0.29, 0.717) is 0 Å². The van der Waals surface area contributed by atoms with E-state index < -0.39 is 11.3 Å². The van der Waals surface area contributed by atoms with Gasteiger partial charge in [-0.15, -0.1) is 0 Å². The molecule has 0 unspecified atom stereocenters. The molecule has 2 aliphatic rings. The van der Waals surface area contributed by atoms with E-state index >= 15 is 0 Å². The zero-order chi connectivity index (χ0) is 12.2. The third-order valence-corrected chi connectivity index (χ3v) is 4.25. The minimum atomic E-state index is -0.430. The van der Waals surface area contributed by atoms with E-state index in [-0.39, 0.29) is 0 Å². The van der Waals surface area contributed by atoms with Gasteiger partial charge in [-0.2, -0.15) is 5.32 Å². The van der Waals surface area contributed by atoms with E-state index in [1.807, 2.05) is 0 Å². The summed E-state index contributed by atoms with van der Waals surface area (Å²) >= 11 is 0. The molecule has 2 fully saturated rings. The molecule has 2 saturated carbocycles. The third kappa shape index (κ3) is 2.61. The van der Waals surface area contributed by atoms with E-state index in [4.69, 9.17) is 13.1 Å². The van der Waals surface area contributed by atoms with Crippen molar-refractivity contribution in [1.29, 1.82) is 0 Å². The average molecular weight is 231 g/mol. The molecular weight excluding hydrogens is 210 g/mol. The molecule has 0 saturated heterocycles. The first-order valence-corrected chi connectivity index (χ1v) is 6.81. The minimum Gasteiger partial charge on any atom is -0.293 e. The second-order valence-corrected chi connectivity index (χ2v) is 5.53. The Hall–Kier alpha value is -1.06. The van der Waals surface area contributed by atoms with Crippen molar-refractivity contribution in [2.45, 2.75) is 75.5 Å². The minimum absolute atomic E-state index is 0.430. The molecule has 1 N–H and O–H groups in total. The van der Waals surface area contributed by atoms with Gasteiger partial charge in [0.2, 0.25) is 0 Å². The van der Waals surface area contributed by atoms with Crippen molar-refractivity contribution >= 4 is 0 Å². The third-order valence-electron chi connectivity index (χ3n) is 4.25. The van der Waals surface area contributed by atoms with Crippen molar-refractivity contribution in [2.24, 2.45) is 0 Å². The van der Waals surface area contributed by atoms with Crippen LogP contribution in [0.3, 0.4) is 0 Å². The van der Waals surface area contributed by atoms with E-state index in [1.165, 1.54) is 12.8 Å². The number of hydrogen-bond acceptors (Lipinski definition) is 1. The number of hydrogen-bond donors (Lipinski definition) is 1. The van der Waals surface area contributed by atoms with E-state index in [0.717, 1.165) is 51.4 Å². The Bertz CT molecular complexity index is 301. The van der Waals surface area contributed by atoms with Crippen molar-refractivity contribution in [3.05, 3.63) is 22.8 Å². The normalized spacial score (nSPS) is 26.7. The molecule has 2 aliphatic carbocycles. The lowest BCUT2D eigenvalue weighted by atomic mass is 9.84. The first-order valence-electron chi connectivity index (χ1n) is 6.81. The van der Waals surface area contributed by atoms with Crippen molar-refractivity contribution < 1.29 is 0 Å². The number of rotatable bonds is 2. The molecule has 3 heteroatoms. The molecule has 3 nitrogen and oxygen atoms in total. The molecule has 0 aromatic heterocycles. The lowest BCUT2D eigenvalue weighted by Gasteiger charge is -2.34. The van der Waals surface area contributed by atoms with Crippen LogP contribution in [0.2, 0.25) is 0 Å². The molecule has 0 spiro atoms. The molecule has 0 aliphatic heterocycles. The molecule has 2 rings (SSSR count). The fraction of sp³-hybridized carbons (Fsp3) is 0.857. The molecule has 0 atom stereocenters. The van der Waals surface area contributed by atoms with Gasteiger partial charge in [0.15, 0.2) is 0 Å². The smallest absolute Gasteiger partial charge is 0.292 e. The van der Waals surface area contributed by atoms with Gasteiger partial charge >= 0.3 is 0 Å². The van der Waals surface area contributed by atoms with Crippen LogP contribution in [-0.2, 0) is 0 Å². The Morgan fingerprint density at radius 2 is 1.00 bits per heavy atom. The van der Waals surface area contributed by atoms with Crippen LogP contribution in [0, 0.1) is 13.1 Å². The summed E-state index contributed by atoms with van der Waals surface area (Å²) in [5.74, 6) is 0. The summed E-state index contributed by atoms with van der Waals surface area (Å²) in [4.78, 5) is 7.72. The Kier molecular flexibility index (Phi) is 3.69. The van der Waals surface area contributed by atoms with Crippen molar-refractivity contribution in [3.63, 3.8) is 0 Å². The Morgan fingerprint density at radius 1 is 0.647 bits per heavy atom. The van der Waals surface area contributed by atoms with Crippen LogP contribution in [0.25, 0.3) is 9.69 Å². The lowest BCUT2D eigenvalue weighted by Crippen LogP contribution is -2.56. The summed E-state index contributed by atoms with van der Waals surface area (Å²) in [7, 11) is 0. The second kappa shape index (κ2) is 5.07. The largest absolute Gasteiger partial charge is 0.293 e. The van der Waals surface area contributed by atoms with Crippen LogP contribution in [-0.4, -0.2) is 11.3 Å². The van der Waals surface area contributed by atoms with Gasteiger partial charge in [-0.05, 0) is 25.7 Å². The van der Waals surface area contributed by atoms with Crippen LogP contribution < -0.4 is 5.32 Å². The van der Waals surface area contributed by atoms with Crippen molar-refractivity contribution in [3.8, 4) is 0 Å². The maximum Gasteiger partial charge on any atom is 0.292 e. The molecule has 0 aromatic rings. The average Bonchev–Trinajstić information content (AvgIpc) is 2.41. The molecule has 0 heterocycles. The monoisotopic (exact) mass is 231 g/mol. The Balaban J connectivity index is 2.11. The quantitative estimate of drug-likeness (QED) is 0.718. The summed E-state index contributed by atoms with van der Waals surface area (Å²) in [5, 5.41) is 3.48. The highest BCUT2D eigenvalue weighted by molar-refractivity contribution is 5.08. The van der Waals surface area contributed by atoms with Gasteiger partial charge in [0.05, 0.1) is 0 Å². The van der Waals surface area contributed by atoms with Crippen molar-refractivity contribution in [2.75, 3.05) is 0 Å². The molecular formula is C14H21N3. The van der Waals surface area contributed by atoms with Gasteiger partial charge in [0.25, 0.3) is 11.3 Å². The molecule has 0 aromatic carbocycles. The van der Waals surface area contributed by atoms with Crippen LogP contribution in [0.5, 0.6) is 0 Å². The highest BCUT2D eigenvalue weighted by Crippen LogP contribution is 2.37. The van der Waals surface area contributed by atoms with Gasteiger partial charge in [-0.3, -0.25) is 9.69 Å². The summed E-state index contributed by atoms with van der Waals surface area (Å²) in [6.45, 7) is 15.0. The highest BCUT2D eigenvalue weighted by atomic mass is 15.2. The summed E-state index contributed by atoms with van der Waals surface area (Å²) in [6, 6.07) is 0. The highest BCUT2D eigenvalue weighted by Gasteiger charge is 2.50. The van der Waals surface area contributed by atoms with Crippen LogP contribution in [0.15, 0.2) is 0 Å². The predicted molar refractivity (Wildman–Crippen MR) is 68.0 cm³/mol. The van der Waals surface area contributed by atoms with Gasteiger partial charge in [0.1, 0.15) is 0 Å². The predicted octanol–water partition coefficient (Wildman–Crippen LogP) is 3.74. The van der Waals surface area contributed by atoms with Crippen LogP contribution in [0.4, 0.5) is 0 Å². The zero-order valence-corrected chi connectivity index (χ0v) is 10.5. The first-order chi connectivity index (χ1) is 8.24. The first kappa shape index (κ1) is 12.4. The molecule has 0 bridgehead atoms. The molecule has 92 valence electrons. The lowest BCUT2D eigenvalue weighted by molar-refractivity contribution is 0.182. The summed E-state index contributed by atoms with van der Waals surface area (Å²) in [6.07, 6.45) is 10.7. The fourth-order valence-corrected chi connectivity index (χ4v) is 3.24. The van der Waals surface area contributed by atoms with Gasteiger partial charge in [-0.25, -0.2) is 13.1 Å². The topological polar surface area (TPSA) is 20.8 Å². The zero-order valence-electron chi connectivity index (χ0n) is 10.5. The van der Waals surface area contributed by atoms with Gasteiger partial charge in [-0.1, -0.05) is 12.8 Å². The van der Waals surface area contributed by atoms with Gasteiger partial charge < -0.3 is 0 Å². The fourth-order valence-electron chi connectivity index (χ4n) is 3.24. The maximum absolute atomic E-state index is 7.49. The SMILES string of the molecule is [C-]#[N+]C1(NC2([N+]#[C-])CCCCC2)CCCCC1. The Labute approximate surface area is 104 Å². The number of nitrogens with one attached hydrogen (secondary N) is 1.